The summed E-state index contributed by atoms with van der Waals surface area (Å²) in [7, 11) is 0. The van der Waals surface area contributed by atoms with E-state index in [1.165, 1.54) is 0 Å². The molecule has 0 fully saturated rings. The molecule has 0 amide bonds. The van der Waals surface area contributed by atoms with E-state index in [0.717, 1.165) is 22.8 Å². The van der Waals surface area contributed by atoms with Gasteiger partial charge >= 0.3 is 0 Å². The van der Waals surface area contributed by atoms with Crippen LogP contribution in [0.1, 0.15) is 10.4 Å². The van der Waals surface area contributed by atoms with Crippen LogP contribution in [-0.2, 0) is 0 Å². The van der Waals surface area contributed by atoms with Gasteiger partial charge < -0.3 is 17.4 Å². The van der Waals surface area contributed by atoms with E-state index in [9.17, 15) is 4.79 Å². The van der Waals surface area contributed by atoms with E-state index in [2.05, 4.69) is 9.97 Å². The molecule has 3 rings (SSSR count). The second-order valence-electron chi connectivity index (χ2n) is 3.81. The van der Waals surface area contributed by atoms with Crippen molar-refractivity contribution >= 4 is 27.9 Å². The summed E-state index contributed by atoms with van der Waals surface area (Å²) in [6, 6.07) is 16.9. The third kappa shape index (κ3) is 2.97. The molecule has 0 unspecified atom stereocenters. The van der Waals surface area contributed by atoms with Gasteiger partial charge in [0.15, 0.2) is 5.16 Å². The molecule has 0 saturated heterocycles. The predicted octanol–water partition coefficient (Wildman–Crippen LogP) is 0.499. The number of thioether (sulfide) groups is 1. The van der Waals surface area contributed by atoms with Crippen LogP contribution >= 0.6 is 11.8 Å². The Bertz CT molecular complexity index is 664. The average Bonchev–Trinajstić information content (AvgIpc) is 2.82. The highest BCUT2D eigenvalue weighted by Gasteiger charge is 2.10. The number of halogens is 1. The highest BCUT2D eigenvalue weighted by Crippen LogP contribution is 2.22. The summed E-state index contributed by atoms with van der Waals surface area (Å²) in [6.07, 6.45) is 0. The topological polar surface area (TPSA) is 45.8 Å². The molecule has 2 aromatic carbocycles. The minimum Gasteiger partial charge on any atom is -1.00 e. The minimum atomic E-state index is -0.00495. The Kier molecular flexibility index (Phi) is 4.24. The number of para-hydroxylation sites is 2. The van der Waals surface area contributed by atoms with Crippen molar-refractivity contribution in [3.63, 3.8) is 0 Å². The Morgan fingerprint density at radius 3 is 2.42 bits per heavy atom. The summed E-state index contributed by atoms with van der Waals surface area (Å²) in [5.74, 6) is 0. The van der Waals surface area contributed by atoms with Crippen LogP contribution in [0.15, 0.2) is 59.8 Å². The second kappa shape index (κ2) is 5.91. The Labute approximate surface area is 120 Å². The predicted molar refractivity (Wildman–Crippen MR) is 72.7 cm³/mol. The molecule has 0 aliphatic heterocycles. The molecular formula is C14H10ClN2OS-. The monoisotopic (exact) mass is 289 g/mol. The number of rotatable bonds is 2. The highest BCUT2D eigenvalue weighted by molar-refractivity contribution is 8.14. The Hall–Kier alpha value is -1.78. The molecule has 5 heteroatoms. The van der Waals surface area contributed by atoms with Crippen LogP contribution in [0.2, 0.25) is 0 Å². The van der Waals surface area contributed by atoms with Gasteiger partial charge in [-0.3, -0.25) is 4.79 Å². The van der Waals surface area contributed by atoms with Crippen molar-refractivity contribution in [1.29, 1.82) is 0 Å². The number of benzene rings is 2. The summed E-state index contributed by atoms with van der Waals surface area (Å²) in [4.78, 5) is 19.5. The molecule has 0 bridgehead atoms. The fourth-order valence-electron chi connectivity index (χ4n) is 1.70. The van der Waals surface area contributed by atoms with Crippen LogP contribution in [0.25, 0.3) is 11.0 Å². The average molecular weight is 290 g/mol. The number of fused-ring (bicyclic) bond motifs is 1. The van der Waals surface area contributed by atoms with Gasteiger partial charge in [-0.25, -0.2) is 4.98 Å². The van der Waals surface area contributed by atoms with Gasteiger partial charge in [-0.15, -0.1) is 0 Å². The molecule has 0 atom stereocenters. The molecule has 0 aliphatic carbocycles. The van der Waals surface area contributed by atoms with Gasteiger partial charge in [-0.05, 0) is 23.9 Å². The number of nitrogens with one attached hydrogen (secondary N) is 1. The van der Waals surface area contributed by atoms with Crippen molar-refractivity contribution in [1.82, 2.24) is 9.97 Å². The first kappa shape index (κ1) is 13.6. The number of H-pyrrole nitrogens is 1. The molecule has 0 aliphatic rings. The number of hydrogen-bond donors (Lipinski definition) is 1. The van der Waals surface area contributed by atoms with E-state index in [1.54, 1.807) is 12.1 Å². The zero-order valence-electron chi connectivity index (χ0n) is 9.84. The molecule has 1 aromatic heterocycles. The smallest absolute Gasteiger partial charge is 0.227 e. The van der Waals surface area contributed by atoms with Crippen molar-refractivity contribution in [2.24, 2.45) is 0 Å². The Morgan fingerprint density at radius 1 is 1.00 bits per heavy atom. The molecule has 96 valence electrons. The fraction of sp³-hybridized carbons (Fsp3) is 0. The summed E-state index contributed by atoms with van der Waals surface area (Å²) >= 11 is 1.12. The number of aromatic amines is 1. The van der Waals surface area contributed by atoms with Crippen molar-refractivity contribution in [3.05, 3.63) is 60.2 Å². The third-order valence-corrected chi connectivity index (χ3v) is 3.37. The van der Waals surface area contributed by atoms with E-state index < -0.39 is 0 Å². The van der Waals surface area contributed by atoms with Crippen molar-refractivity contribution in [3.8, 4) is 0 Å². The first-order valence-corrected chi connectivity index (χ1v) is 6.36. The largest absolute Gasteiger partial charge is 1.00 e. The van der Waals surface area contributed by atoms with Gasteiger partial charge in [0.1, 0.15) is 0 Å². The van der Waals surface area contributed by atoms with E-state index in [4.69, 9.17) is 0 Å². The van der Waals surface area contributed by atoms with E-state index in [1.807, 2.05) is 42.5 Å². The maximum absolute atomic E-state index is 12.0. The van der Waals surface area contributed by atoms with Gasteiger partial charge in [0.25, 0.3) is 0 Å². The number of aromatic nitrogens is 2. The molecule has 1 heterocycles. The fourth-order valence-corrected chi connectivity index (χ4v) is 2.43. The molecule has 3 nitrogen and oxygen atoms in total. The maximum Gasteiger partial charge on any atom is 0.227 e. The van der Waals surface area contributed by atoms with E-state index in [-0.39, 0.29) is 17.5 Å². The highest BCUT2D eigenvalue weighted by atomic mass is 35.5. The molecule has 0 spiro atoms. The van der Waals surface area contributed by atoms with E-state index in [0.29, 0.717) is 10.7 Å². The molecule has 0 radical (unpaired) electrons. The van der Waals surface area contributed by atoms with Crippen LogP contribution in [0, 0.1) is 0 Å². The summed E-state index contributed by atoms with van der Waals surface area (Å²) in [6.45, 7) is 0. The minimum absolute atomic E-state index is 0. The summed E-state index contributed by atoms with van der Waals surface area (Å²) in [5.41, 5.74) is 2.50. The number of imidazole rings is 1. The maximum atomic E-state index is 12.0. The molecular weight excluding hydrogens is 280 g/mol. The third-order valence-electron chi connectivity index (χ3n) is 2.57. The summed E-state index contributed by atoms with van der Waals surface area (Å²) < 4.78 is 0. The zero-order chi connectivity index (χ0) is 12.4. The first-order chi connectivity index (χ1) is 8.83. The lowest BCUT2D eigenvalue weighted by molar-refractivity contribution is -0.0000104. The molecule has 19 heavy (non-hydrogen) atoms. The van der Waals surface area contributed by atoms with E-state index >= 15 is 0 Å². The lowest BCUT2D eigenvalue weighted by Gasteiger charge is -1.96. The quantitative estimate of drug-likeness (QED) is 0.699. The Balaban J connectivity index is 0.00000133. The van der Waals surface area contributed by atoms with Crippen LogP contribution in [0.4, 0.5) is 0 Å². The van der Waals surface area contributed by atoms with Gasteiger partial charge in [-0.1, -0.05) is 42.5 Å². The molecule has 3 aromatic rings. The first-order valence-electron chi connectivity index (χ1n) is 5.55. The lowest BCUT2D eigenvalue weighted by atomic mass is 10.2. The zero-order valence-corrected chi connectivity index (χ0v) is 11.4. The van der Waals surface area contributed by atoms with Crippen LogP contribution in [0.3, 0.4) is 0 Å². The van der Waals surface area contributed by atoms with Gasteiger partial charge in [0, 0.05) is 5.56 Å². The van der Waals surface area contributed by atoms with Crippen LogP contribution in [0.5, 0.6) is 0 Å². The second-order valence-corrected chi connectivity index (χ2v) is 4.78. The molecule has 0 saturated carbocycles. The van der Waals surface area contributed by atoms with Crippen LogP contribution in [-0.4, -0.2) is 15.1 Å². The number of nitrogens with zero attached hydrogens (tertiary/aromatic N) is 1. The van der Waals surface area contributed by atoms with Crippen molar-refractivity contribution in [2.45, 2.75) is 5.16 Å². The van der Waals surface area contributed by atoms with Gasteiger partial charge in [-0.2, -0.15) is 0 Å². The molecule has 1 N–H and O–H groups in total. The van der Waals surface area contributed by atoms with Gasteiger partial charge in [0.05, 0.1) is 11.0 Å². The van der Waals surface area contributed by atoms with Crippen molar-refractivity contribution < 1.29 is 17.2 Å². The summed E-state index contributed by atoms with van der Waals surface area (Å²) in [5, 5.41) is 0.625. The van der Waals surface area contributed by atoms with Crippen molar-refractivity contribution in [2.75, 3.05) is 0 Å². The Morgan fingerprint density at radius 2 is 1.68 bits per heavy atom. The normalized spacial score (nSPS) is 10.1. The standard InChI is InChI=1S/C14H10N2OS.ClH/c17-13(10-6-2-1-3-7-10)18-14-15-11-8-4-5-9-12(11)16-14;/h1-9H,(H,15,16);1H/p-1. The number of carbonyl (C=O) groups is 1. The van der Waals surface area contributed by atoms with Gasteiger partial charge in [0.2, 0.25) is 5.12 Å². The lowest BCUT2D eigenvalue weighted by Crippen LogP contribution is -3.00. The number of carbonyl (C=O) groups excluding carboxylic acids is 1. The van der Waals surface area contributed by atoms with Crippen LogP contribution < -0.4 is 12.4 Å². The SMILES string of the molecule is O=C(Sc1nc2ccccc2[nH]1)c1ccccc1.[Cl-]. The number of hydrogen-bond acceptors (Lipinski definition) is 3.